The Morgan fingerprint density at radius 3 is 2.64 bits per heavy atom. The number of ether oxygens (including phenoxy) is 1. The van der Waals surface area contributed by atoms with Gasteiger partial charge in [0, 0.05) is 43.9 Å². The van der Waals surface area contributed by atoms with Crippen molar-refractivity contribution in [3.8, 4) is 0 Å². The van der Waals surface area contributed by atoms with E-state index in [9.17, 15) is 0 Å². The van der Waals surface area contributed by atoms with Crippen LogP contribution in [0, 0.1) is 25.2 Å². The number of aromatic amines is 1. The predicted molar refractivity (Wildman–Crippen MR) is 87.9 cm³/mol. The van der Waals surface area contributed by atoms with Crippen molar-refractivity contribution in [3.63, 3.8) is 0 Å². The summed E-state index contributed by atoms with van der Waals surface area (Å²) in [6.07, 6.45) is 2.59. The number of aryl methyl sites for hydroxylation is 2. The van der Waals surface area contributed by atoms with Crippen LogP contribution in [0.3, 0.4) is 0 Å². The molecule has 1 unspecified atom stereocenters. The fraction of sp³-hybridized carbons (Fsp3) is 0.824. The molecule has 3 heterocycles. The number of nitrogens with one attached hydrogen (secondary N) is 1. The second-order valence-corrected chi connectivity index (χ2v) is 7.40. The molecule has 0 aromatic carbocycles. The van der Waals surface area contributed by atoms with E-state index in [-0.39, 0.29) is 0 Å². The minimum Gasteiger partial charge on any atom is -0.384 e. The molecule has 2 saturated heterocycles. The molecule has 1 spiro atoms. The van der Waals surface area contributed by atoms with Gasteiger partial charge in [0.25, 0.3) is 0 Å². The first kappa shape index (κ1) is 16.0. The van der Waals surface area contributed by atoms with E-state index in [1.54, 1.807) is 0 Å². The monoisotopic (exact) mass is 306 g/mol. The Morgan fingerprint density at radius 1 is 1.32 bits per heavy atom. The summed E-state index contributed by atoms with van der Waals surface area (Å²) in [5.41, 5.74) is 4.22. The van der Waals surface area contributed by atoms with Crippen LogP contribution in [0.2, 0.25) is 0 Å². The molecule has 0 saturated carbocycles. The standard InChI is InChI=1S/C17H30N4O/c1-13-16(14(2)19-18-13)10-21-7-5-17(6-8-21)12-20(3)9-15(17)11-22-4/h15H,5-12H2,1-4H3,(H,18,19). The molecule has 2 aliphatic rings. The van der Waals surface area contributed by atoms with Gasteiger partial charge in [-0.3, -0.25) is 10.00 Å². The molecule has 124 valence electrons. The number of piperidine rings is 1. The maximum atomic E-state index is 5.49. The highest BCUT2D eigenvalue weighted by molar-refractivity contribution is 5.23. The summed E-state index contributed by atoms with van der Waals surface area (Å²) in [5.74, 6) is 0.696. The van der Waals surface area contributed by atoms with Crippen LogP contribution in [0.4, 0.5) is 0 Å². The topological polar surface area (TPSA) is 44.4 Å². The lowest BCUT2D eigenvalue weighted by atomic mass is 9.71. The van der Waals surface area contributed by atoms with Gasteiger partial charge in [-0.05, 0) is 52.2 Å². The second-order valence-electron chi connectivity index (χ2n) is 7.40. The highest BCUT2D eigenvalue weighted by Gasteiger charge is 2.46. The molecule has 0 bridgehead atoms. The third-order valence-electron chi connectivity index (χ3n) is 5.87. The SMILES string of the molecule is COCC1CN(C)CC12CCN(Cc1c(C)n[nH]c1C)CC2. The smallest absolute Gasteiger partial charge is 0.0639 e. The molecule has 1 aromatic rings. The summed E-state index contributed by atoms with van der Waals surface area (Å²) < 4.78 is 5.49. The molecule has 2 aliphatic heterocycles. The lowest BCUT2D eigenvalue weighted by molar-refractivity contribution is 0.0353. The van der Waals surface area contributed by atoms with Gasteiger partial charge < -0.3 is 9.64 Å². The average Bonchev–Trinajstić information content (AvgIpc) is 2.96. The van der Waals surface area contributed by atoms with E-state index in [4.69, 9.17) is 4.74 Å². The summed E-state index contributed by atoms with van der Waals surface area (Å²) in [4.78, 5) is 5.09. The van der Waals surface area contributed by atoms with E-state index in [1.807, 2.05) is 7.11 Å². The lowest BCUT2D eigenvalue weighted by Gasteiger charge is -2.42. The number of likely N-dealkylation sites (tertiary alicyclic amines) is 2. The molecule has 1 aromatic heterocycles. The maximum absolute atomic E-state index is 5.49. The number of nitrogens with zero attached hydrogens (tertiary/aromatic N) is 3. The van der Waals surface area contributed by atoms with Gasteiger partial charge >= 0.3 is 0 Å². The van der Waals surface area contributed by atoms with Gasteiger partial charge in [-0.2, -0.15) is 5.10 Å². The van der Waals surface area contributed by atoms with Gasteiger partial charge in [0.2, 0.25) is 0 Å². The van der Waals surface area contributed by atoms with Gasteiger partial charge in [0.1, 0.15) is 0 Å². The van der Waals surface area contributed by atoms with Gasteiger partial charge in [-0.1, -0.05) is 0 Å². The van der Waals surface area contributed by atoms with E-state index in [0.717, 1.165) is 18.8 Å². The number of H-pyrrole nitrogens is 1. The Morgan fingerprint density at radius 2 is 2.05 bits per heavy atom. The zero-order valence-electron chi connectivity index (χ0n) is 14.5. The zero-order valence-corrected chi connectivity index (χ0v) is 14.5. The van der Waals surface area contributed by atoms with Crippen LogP contribution in [-0.2, 0) is 11.3 Å². The maximum Gasteiger partial charge on any atom is 0.0639 e. The van der Waals surface area contributed by atoms with Gasteiger partial charge in [-0.15, -0.1) is 0 Å². The molecule has 2 fully saturated rings. The minimum absolute atomic E-state index is 0.474. The van der Waals surface area contributed by atoms with Crippen molar-refractivity contribution in [1.29, 1.82) is 0 Å². The second kappa shape index (κ2) is 6.30. The zero-order chi connectivity index (χ0) is 15.7. The van der Waals surface area contributed by atoms with Crippen LogP contribution in [0.25, 0.3) is 0 Å². The fourth-order valence-electron chi connectivity index (χ4n) is 4.49. The quantitative estimate of drug-likeness (QED) is 0.921. The Hall–Kier alpha value is -0.910. The van der Waals surface area contributed by atoms with Crippen LogP contribution in [0.15, 0.2) is 0 Å². The molecule has 0 aliphatic carbocycles. The van der Waals surface area contributed by atoms with E-state index in [1.165, 1.54) is 50.3 Å². The number of aromatic nitrogens is 2. The van der Waals surface area contributed by atoms with Gasteiger partial charge in [0.05, 0.1) is 12.3 Å². The fourth-order valence-corrected chi connectivity index (χ4v) is 4.49. The van der Waals surface area contributed by atoms with Gasteiger partial charge in [0.15, 0.2) is 0 Å². The first-order valence-electron chi connectivity index (χ1n) is 8.44. The molecular weight excluding hydrogens is 276 g/mol. The number of hydrogen-bond donors (Lipinski definition) is 1. The number of hydrogen-bond acceptors (Lipinski definition) is 4. The molecule has 22 heavy (non-hydrogen) atoms. The molecule has 3 rings (SSSR count). The van der Waals surface area contributed by atoms with E-state index in [2.05, 4.69) is 40.9 Å². The first-order chi connectivity index (χ1) is 10.5. The predicted octanol–water partition coefficient (Wildman–Crippen LogP) is 1.82. The number of methoxy groups -OCH3 is 1. The Kier molecular flexibility index (Phi) is 4.57. The molecular formula is C17H30N4O. The molecule has 1 atom stereocenters. The van der Waals surface area contributed by atoms with Gasteiger partial charge in [-0.25, -0.2) is 0 Å². The van der Waals surface area contributed by atoms with Crippen LogP contribution in [-0.4, -0.2) is 66.9 Å². The highest BCUT2D eigenvalue weighted by atomic mass is 16.5. The van der Waals surface area contributed by atoms with E-state index >= 15 is 0 Å². The van der Waals surface area contributed by atoms with Crippen LogP contribution < -0.4 is 0 Å². The molecule has 5 heteroatoms. The van der Waals surface area contributed by atoms with Crippen molar-refractivity contribution >= 4 is 0 Å². The van der Waals surface area contributed by atoms with Crippen molar-refractivity contribution in [2.45, 2.75) is 33.2 Å². The third-order valence-corrected chi connectivity index (χ3v) is 5.87. The Bertz CT molecular complexity index is 485. The van der Waals surface area contributed by atoms with Crippen molar-refractivity contribution in [2.75, 3.05) is 46.9 Å². The molecule has 0 radical (unpaired) electrons. The minimum atomic E-state index is 0.474. The Balaban J connectivity index is 1.62. The summed E-state index contributed by atoms with van der Waals surface area (Å²) >= 11 is 0. The summed E-state index contributed by atoms with van der Waals surface area (Å²) in [7, 11) is 4.09. The van der Waals surface area contributed by atoms with Crippen LogP contribution >= 0.6 is 0 Å². The highest BCUT2D eigenvalue weighted by Crippen LogP contribution is 2.44. The van der Waals surface area contributed by atoms with E-state index < -0.39 is 0 Å². The van der Waals surface area contributed by atoms with Crippen LogP contribution in [0.5, 0.6) is 0 Å². The van der Waals surface area contributed by atoms with Crippen molar-refractivity contribution in [2.24, 2.45) is 11.3 Å². The number of rotatable bonds is 4. The van der Waals surface area contributed by atoms with Crippen molar-refractivity contribution < 1.29 is 4.74 Å². The summed E-state index contributed by atoms with van der Waals surface area (Å²) in [5, 5.41) is 7.43. The van der Waals surface area contributed by atoms with E-state index in [0.29, 0.717) is 11.3 Å². The average molecular weight is 306 g/mol. The van der Waals surface area contributed by atoms with Crippen molar-refractivity contribution in [1.82, 2.24) is 20.0 Å². The lowest BCUT2D eigenvalue weighted by Crippen LogP contribution is -2.44. The first-order valence-corrected chi connectivity index (χ1v) is 8.44. The Labute approximate surface area is 134 Å². The van der Waals surface area contributed by atoms with Crippen LogP contribution in [0.1, 0.15) is 29.8 Å². The largest absolute Gasteiger partial charge is 0.384 e. The van der Waals surface area contributed by atoms with Crippen molar-refractivity contribution in [3.05, 3.63) is 17.0 Å². The third kappa shape index (κ3) is 2.94. The summed E-state index contributed by atoms with van der Waals surface area (Å²) in [6, 6.07) is 0. The molecule has 1 N–H and O–H groups in total. The normalized spacial score (nSPS) is 26.1. The molecule has 0 amide bonds. The summed E-state index contributed by atoms with van der Waals surface area (Å²) in [6.45, 7) is 11.0. The molecule has 5 nitrogen and oxygen atoms in total.